The molecule has 0 radical (unpaired) electrons. The van der Waals surface area contributed by atoms with Crippen LogP contribution in [0.4, 0.5) is 4.79 Å². The van der Waals surface area contributed by atoms with Gasteiger partial charge >= 0.3 is 6.03 Å². The number of urea groups is 1. The molecule has 0 fully saturated rings. The Morgan fingerprint density at radius 3 is 2.68 bits per heavy atom. The Morgan fingerprint density at radius 1 is 1.53 bits per heavy atom. The van der Waals surface area contributed by atoms with E-state index in [1.54, 1.807) is 24.3 Å². The smallest absolute Gasteiger partial charge is 0.312 e. The van der Waals surface area contributed by atoms with E-state index in [1.807, 2.05) is 13.8 Å². The second-order valence-electron chi connectivity index (χ2n) is 4.99. The highest BCUT2D eigenvalue weighted by atomic mass is 16.2. The molecule has 7 nitrogen and oxygen atoms in total. The first-order chi connectivity index (χ1) is 8.90. The number of H-pyrrole nitrogens is 1. The predicted octanol–water partition coefficient (Wildman–Crippen LogP) is 0.451. The molecule has 1 heterocycles. The van der Waals surface area contributed by atoms with Crippen LogP contribution in [-0.2, 0) is 11.3 Å². The van der Waals surface area contributed by atoms with Crippen LogP contribution < -0.4 is 11.1 Å². The Morgan fingerprint density at radius 2 is 2.21 bits per heavy atom. The fourth-order valence-corrected chi connectivity index (χ4v) is 1.85. The van der Waals surface area contributed by atoms with E-state index in [4.69, 9.17) is 5.73 Å². The molecule has 1 atom stereocenters. The Bertz CT molecular complexity index is 416. The first-order valence-corrected chi connectivity index (χ1v) is 6.18. The molecule has 7 heteroatoms. The number of aromatic amines is 1. The predicted molar refractivity (Wildman–Crippen MR) is 71.0 cm³/mol. The van der Waals surface area contributed by atoms with Crippen molar-refractivity contribution in [2.45, 2.75) is 32.9 Å². The fraction of sp³-hybridized carbons (Fsp3) is 0.583. The van der Waals surface area contributed by atoms with Gasteiger partial charge in [0.25, 0.3) is 0 Å². The van der Waals surface area contributed by atoms with Gasteiger partial charge < -0.3 is 16.0 Å². The van der Waals surface area contributed by atoms with E-state index in [-0.39, 0.29) is 11.8 Å². The van der Waals surface area contributed by atoms with Gasteiger partial charge in [-0.3, -0.25) is 9.89 Å². The molecule has 0 bridgehead atoms. The Hall–Kier alpha value is -2.05. The molecule has 3 amide bonds. The summed E-state index contributed by atoms with van der Waals surface area (Å²) in [4.78, 5) is 24.8. The van der Waals surface area contributed by atoms with Gasteiger partial charge in [0.1, 0.15) is 6.04 Å². The highest BCUT2D eigenvalue weighted by Gasteiger charge is 2.24. The Kier molecular flexibility index (Phi) is 5.35. The molecule has 1 rings (SSSR count). The lowest BCUT2D eigenvalue weighted by Gasteiger charge is -2.24. The van der Waals surface area contributed by atoms with Gasteiger partial charge in [0.05, 0.1) is 6.20 Å². The summed E-state index contributed by atoms with van der Waals surface area (Å²) in [5, 5.41) is 9.01. The van der Waals surface area contributed by atoms with E-state index >= 15 is 0 Å². The molecular weight excluding hydrogens is 246 g/mol. The number of carbonyl (C=O) groups is 2. The van der Waals surface area contributed by atoms with Crippen LogP contribution >= 0.6 is 0 Å². The summed E-state index contributed by atoms with van der Waals surface area (Å²) >= 11 is 0. The summed E-state index contributed by atoms with van der Waals surface area (Å²) in [6.07, 6.45) is 3.93. The van der Waals surface area contributed by atoms with Crippen LogP contribution in [0.25, 0.3) is 0 Å². The minimum Gasteiger partial charge on any atom is -0.352 e. The lowest BCUT2D eigenvalue weighted by Crippen LogP contribution is -2.49. The van der Waals surface area contributed by atoms with Gasteiger partial charge in [0.2, 0.25) is 5.91 Å². The maximum absolute atomic E-state index is 12.3. The molecule has 0 aromatic carbocycles. The zero-order valence-electron chi connectivity index (χ0n) is 11.5. The molecular formula is C12H21N5O2. The van der Waals surface area contributed by atoms with E-state index in [0.717, 1.165) is 5.56 Å². The van der Waals surface area contributed by atoms with E-state index in [9.17, 15) is 9.59 Å². The molecule has 4 N–H and O–H groups in total. The zero-order chi connectivity index (χ0) is 14.4. The molecule has 0 saturated carbocycles. The van der Waals surface area contributed by atoms with Crippen LogP contribution in [0.2, 0.25) is 0 Å². The third kappa shape index (κ3) is 4.99. The van der Waals surface area contributed by atoms with Crippen molar-refractivity contribution in [2.75, 3.05) is 7.05 Å². The van der Waals surface area contributed by atoms with Crippen molar-refractivity contribution >= 4 is 11.9 Å². The van der Waals surface area contributed by atoms with Crippen LogP contribution in [0.15, 0.2) is 12.4 Å². The third-order valence-corrected chi connectivity index (χ3v) is 2.67. The van der Waals surface area contributed by atoms with Crippen LogP contribution in [-0.4, -0.2) is 40.1 Å². The Balaban J connectivity index is 2.66. The number of hydrogen-bond acceptors (Lipinski definition) is 3. The van der Waals surface area contributed by atoms with Gasteiger partial charge in [0.15, 0.2) is 0 Å². The largest absolute Gasteiger partial charge is 0.352 e. The quantitative estimate of drug-likeness (QED) is 0.697. The number of nitrogens with zero attached hydrogens (tertiary/aromatic N) is 2. The lowest BCUT2D eigenvalue weighted by atomic mass is 10.0. The summed E-state index contributed by atoms with van der Waals surface area (Å²) < 4.78 is 0. The van der Waals surface area contributed by atoms with Gasteiger partial charge in [-0.2, -0.15) is 5.10 Å². The second-order valence-corrected chi connectivity index (χ2v) is 4.99. The molecule has 1 aromatic heterocycles. The standard InChI is InChI=1S/C12H21N5O2/c1-8(2)4-10(16-12(13)19)11(18)17(3)7-9-5-14-15-6-9/h5-6,8,10H,4,7H2,1-3H3,(H,14,15)(H3,13,16,19). The molecule has 0 aliphatic heterocycles. The summed E-state index contributed by atoms with van der Waals surface area (Å²) in [6, 6.07) is -1.27. The highest BCUT2D eigenvalue weighted by Crippen LogP contribution is 2.09. The minimum atomic E-state index is -0.685. The molecule has 0 saturated heterocycles. The molecule has 0 spiro atoms. The van der Waals surface area contributed by atoms with Crippen molar-refractivity contribution in [1.82, 2.24) is 20.4 Å². The molecule has 106 valence electrons. The number of primary amides is 1. The number of likely N-dealkylation sites (N-methyl/N-ethyl adjacent to an activating group) is 1. The van der Waals surface area contributed by atoms with E-state index in [0.29, 0.717) is 13.0 Å². The number of nitrogens with two attached hydrogens (primary N) is 1. The first kappa shape index (κ1) is 15.0. The summed E-state index contributed by atoms with van der Waals surface area (Å²) in [7, 11) is 1.69. The number of aromatic nitrogens is 2. The average Bonchev–Trinajstić information content (AvgIpc) is 2.78. The fourth-order valence-electron chi connectivity index (χ4n) is 1.85. The summed E-state index contributed by atoms with van der Waals surface area (Å²) in [5.74, 6) is 0.122. The molecule has 1 aromatic rings. The topological polar surface area (TPSA) is 104 Å². The monoisotopic (exact) mass is 267 g/mol. The second kappa shape index (κ2) is 6.77. The Labute approximate surface area is 112 Å². The first-order valence-electron chi connectivity index (χ1n) is 6.18. The van der Waals surface area contributed by atoms with Crippen LogP contribution in [0, 0.1) is 5.92 Å². The van der Waals surface area contributed by atoms with Crippen molar-refractivity contribution in [3.8, 4) is 0 Å². The van der Waals surface area contributed by atoms with Gasteiger partial charge in [-0.15, -0.1) is 0 Å². The minimum absolute atomic E-state index is 0.159. The molecule has 1 unspecified atom stereocenters. The third-order valence-electron chi connectivity index (χ3n) is 2.67. The number of carbonyl (C=O) groups excluding carboxylic acids is 2. The maximum atomic E-state index is 12.3. The highest BCUT2D eigenvalue weighted by molar-refractivity contribution is 5.86. The van der Waals surface area contributed by atoms with Crippen molar-refractivity contribution in [3.05, 3.63) is 18.0 Å². The van der Waals surface area contributed by atoms with Crippen molar-refractivity contribution < 1.29 is 9.59 Å². The summed E-state index contributed by atoms with van der Waals surface area (Å²) in [5.41, 5.74) is 6.01. The number of amides is 3. The molecule has 0 aliphatic rings. The van der Waals surface area contributed by atoms with Gasteiger partial charge in [-0.05, 0) is 12.3 Å². The van der Waals surface area contributed by atoms with Crippen molar-refractivity contribution in [3.63, 3.8) is 0 Å². The van der Waals surface area contributed by atoms with Gasteiger partial charge in [-0.25, -0.2) is 4.79 Å². The number of rotatable bonds is 6. The maximum Gasteiger partial charge on any atom is 0.312 e. The van der Waals surface area contributed by atoms with Crippen LogP contribution in [0.1, 0.15) is 25.8 Å². The number of hydrogen-bond donors (Lipinski definition) is 3. The zero-order valence-corrected chi connectivity index (χ0v) is 11.5. The van der Waals surface area contributed by atoms with Gasteiger partial charge in [-0.1, -0.05) is 13.8 Å². The number of nitrogens with one attached hydrogen (secondary N) is 2. The van der Waals surface area contributed by atoms with E-state index in [1.165, 1.54) is 0 Å². The van der Waals surface area contributed by atoms with Gasteiger partial charge in [0, 0.05) is 25.4 Å². The lowest BCUT2D eigenvalue weighted by molar-refractivity contribution is -0.132. The summed E-state index contributed by atoms with van der Waals surface area (Å²) in [6.45, 7) is 4.41. The normalized spacial score (nSPS) is 12.2. The molecule has 0 aliphatic carbocycles. The van der Waals surface area contributed by atoms with Crippen molar-refractivity contribution in [1.29, 1.82) is 0 Å². The SMILES string of the molecule is CC(C)CC(NC(N)=O)C(=O)N(C)Cc1cn[nH]c1. The van der Waals surface area contributed by atoms with Crippen LogP contribution in [0.3, 0.4) is 0 Å². The molecule has 19 heavy (non-hydrogen) atoms. The van der Waals surface area contributed by atoms with Crippen molar-refractivity contribution in [2.24, 2.45) is 11.7 Å². The van der Waals surface area contributed by atoms with E-state index in [2.05, 4.69) is 15.5 Å². The average molecular weight is 267 g/mol. The van der Waals surface area contributed by atoms with E-state index < -0.39 is 12.1 Å². The van der Waals surface area contributed by atoms with Crippen LogP contribution in [0.5, 0.6) is 0 Å².